The first-order chi connectivity index (χ1) is 8.13. The second kappa shape index (κ2) is 10.6. The third-order valence-electron chi connectivity index (χ3n) is 3.51. The lowest BCUT2D eigenvalue weighted by Gasteiger charge is -2.20. The first kappa shape index (κ1) is 16.5. The molecule has 0 fully saturated rings. The summed E-state index contributed by atoms with van der Waals surface area (Å²) in [4.78, 5) is 13.7. The fourth-order valence-corrected chi connectivity index (χ4v) is 1.97. The first-order valence-corrected chi connectivity index (χ1v) is 7.38. The molecule has 0 bridgehead atoms. The van der Waals surface area contributed by atoms with E-state index in [1.165, 1.54) is 38.5 Å². The van der Waals surface area contributed by atoms with Crippen molar-refractivity contribution in [3.63, 3.8) is 0 Å². The summed E-state index contributed by atoms with van der Waals surface area (Å²) in [6.07, 6.45) is 10.1. The number of carbonyl (C=O) groups excluding carboxylic acids is 1. The van der Waals surface area contributed by atoms with Gasteiger partial charge in [0.2, 0.25) is 5.91 Å². The molecule has 0 aromatic carbocycles. The van der Waals surface area contributed by atoms with E-state index in [-0.39, 0.29) is 5.92 Å². The molecule has 0 spiro atoms. The van der Waals surface area contributed by atoms with Gasteiger partial charge in [0.15, 0.2) is 0 Å². The molecule has 102 valence electrons. The van der Waals surface area contributed by atoms with Gasteiger partial charge in [-0.2, -0.15) is 0 Å². The molecule has 0 aromatic rings. The van der Waals surface area contributed by atoms with Crippen molar-refractivity contribution in [1.29, 1.82) is 0 Å². The van der Waals surface area contributed by atoms with Crippen molar-refractivity contribution in [2.75, 3.05) is 13.6 Å². The fraction of sp³-hybridized carbons (Fsp3) is 0.933. The largest absolute Gasteiger partial charge is 0.346 e. The van der Waals surface area contributed by atoms with E-state index in [2.05, 4.69) is 13.8 Å². The van der Waals surface area contributed by atoms with E-state index in [4.69, 9.17) is 0 Å². The van der Waals surface area contributed by atoms with E-state index >= 15 is 0 Å². The Morgan fingerprint density at radius 3 is 2.06 bits per heavy atom. The molecule has 1 unspecified atom stereocenters. The van der Waals surface area contributed by atoms with Gasteiger partial charge in [-0.05, 0) is 12.8 Å². The van der Waals surface area contributed by atoms with Crippen LogP contribution >= 0.6 is 0 Å². The molecule has 0 aliphatic carbocycles. The van der Waals surface area contributed by atoms with Crippen molar-refractivity contribution < 1.29 is 4.79 Å². The van der Waals surface area contributed by atoms with Gasteiger partial charge < -0.3 is 4.90 Å². The van der Waals surface area contributed by atoms with Crippen molar-refractivity contribution >= 4 is 5.91 Å². The van der Waals surface area contributed by atoms with Gasteiger partial charge in [-0.25, -0.2) is 0 Å². The number of hydrogen-bond donors (Lipinski definition) is 0. The highest BCUT2D eigenvalue weighted by molar-refractivity contribution is 5.78. The first-order valence-electron chi connectivity index (χ1n) is 7.38. The van der Waals surface area contributed by atoms with Crippen molar-refractivity contribution in [1.82, 2.24) is 4.90 Å². The maximum Gasteiger partial charge on any atom is 0.225 e. The molecule has 0 aliphatic heterocycles. The molecule has 0 heterocycles. The number of hydrogen-bond acceptors (Lipinski definition) is 1. The standard InChI is InChI=1S/C15H31NO/c1-5-7-8-9-10-11-12-13-16(4)15(17)14(3)6-2/h14H,5-13H2,1-4H3. The summed E-state index contributed by atoms with van der Waals surface area (Å²) in [6, 6.07) is 0. The lowest BCUT2D eigenvalue weighted by atomic mass is 10.1. The topological polar surface area (TPSA) is 20.3 Å². The van der Waals surface area contributed by atoms with Crippen LogP contribution < -0.4 is 0 Å². The Labute approximate surface area is 108 Å². The van der Waals surface area contributed by atoms with Crippen molar-refractivity contribution in [3.05, 3.63) is 0 Å². The highest BCUT2D eigenvalue weighted by atomic mass is 16.2. The number of nitrogens with zero attached hydrogens (tertiary/aromatic N) is 1. The minimum absolute atomic E-state index is 0.185. The lowest BCUT2D eigenvalue weighted by molar-refractivity contribution is -0.133. The molecule has 2 nitrogen and oxygen atoms in total. The molecular formula is C15H31NO. The van der Waals surface area contributed by atoms with Crippen LogP contribution in [-0.2, 0) is 4.79 Å². The molecular weight excluding hydrogens is 210 g/mol. The van der Waals surface area contributed by atoms with Gasteiger partial charge in [0.25, 0.3) is 0 Å². The quantitative estimate of drug-likeness (QED) is 0.524. The van der Waals surface area contributed by atoms with Gasteiger partial charge in [0, 0.05) is 19.5 Å². The molecule has 1 amide bonds. The van der Waals surface area contributed by atoms with E-state index in [9.17, 15) is 4.79 Å². The summed E-state index contributed by atoms with van der Waals surface area (Å²) in [5.74, 6) is 0.489. The Morgan fingerprint density at radius 1 is 1.00 bits per heavy atom. The average Bonchev–Trinajstić information content (AvgIpc) is 2.35. The average molecular weight is 241 g/mol. The molecule has 17 heavy (non-hydrogen) atoms. The molecule has 0 rings (SSSR count). The Kier molecular flexibility index (Phi) is 10.3. The minimum Gasteiger partial charge on any atom is -0.346 e. The zero-order valence-electron chi connectivity index (χ0n) is 12.3. The van der Waals surface area contributed by atoms with Crippen LogP contribution in [0.4, 0.5) is 0 Å². The summed E-state index contributed by atoms with van der Waals surface area (Å²) < 4.78 is 0. The van der Waals surface area contributed by atoms with Crippen molar-refractivity contribution in [2.24, 2.45) is 5.92 Å². The van der Waals surface area contributed by atoms with Crippen LogP contribution in [0.2, 0.25) is 0 Å². The van der Waals surface area contributed by atoms with Crippen LogP contribution in [0, 0.1) is 5.92 Å². The van der Waals surface area contributed by atoms with Gasteiger partial charge in [0.1, 0.15) is 0 Å². The Hall–Kier alpha value is -0.530. The summed E-state index contributed by atoms with van der Waals surface area (Å²) in [7, 11) is 1.94. The fourth-order valence-electron chi connectivity index (χ4n) is 1.97. The highest BCUT2D eigenvalue weighted by Gasteiger charge is 2.14. The van der Waals surface area contributed by atoms with Crippen LogP contribution in [-0.4, -0.2) is 24.4 Å². The zero-order valence-corrected chi connectivity index (χ0v) is 12.3. The molecule has 0 saturated carbocycles. The molecule has 0 aliphatic rings. The second-order valence-corrected chi connectivity index (χ2v) is 5.19. The number of unbranched alkanes of at least 4 members (excludes halogenated alkanes) is 6. The van der Waals surface area contributed by atoms with E-state index in [1.54, 1.807) is 0 Å². The van der Waals surface area contributed by atoms with Crippen LogP contribution in [0.1, 0.15) is 72.1 Å². The SMILES string of the molecule is CCCCCCCCCN(C)C(=O)C(C)CC. The Morgan fingerprint density at radius 2 is 1.53 bits per heavy atom. The number of carbonyl (C=O) groups is 1. The zero-order chi connectivity index (χ0) is 13.1. The Bertz CT molecular complexity index is 191. The molecule has 0 radical (unpaired) electrons. The highest BCUT2D eigenvalue weighted by Crippen LogP contribution is 2.09. The summed E-state index contributed by atoms with van der Waals surface area (Å²) in [5, 5.41) is 0. The van der Waals surface area contributed by atoms with E-state index < -0.39 is 0 Å². The minimum atomic E-state index is 0.185. The van der Waals surface area contributed by atoms with Gasteiger partial charge in [-0.1, -0.05) is 59.3 Å². The van der Waals surface area contributed by atoms with E-state index in [0.29, 0.717) is 5.91 Å². The van der Waals surface area contributed by atoms with Crippen LogP contribution in [0.25, 0.3) is 0 Å². The van der Waals surface area contributed by atoms with E-state index in [0.717, 1.165) is 19.4 Å². The predicted molar refractivity (Wildman–Crippen MR) is 75.1 cm³/mol. The predicted octanol–water partition coefficient (Wildman–Crippen LogP) is 4.24. The normalized spacial score (nSPS) is 12.5. The van der Waals surface area contributed by atoms with Gasteiger partial charge in [-0.15, -0.1) is 0 Å². The maximum atomic E-state index is 11.8. The second-order valence-electron chi connectivity index (χ2n) is 5.19. The number of rotatable bonds is 10. The Balaban J connectivity index is 3.44. The smallest absolute Gasteiger partial charge is 0.225 e. The number of amides is 1. The third-order valence-corrected chi connectivity index (χ3v) is 3.51. The maximum absolute atomic E-state index is 11.8. The summed E-state index contributed by atoms with van der Waals surface area (Å²) in [6.45, 7) is 7.26. The molecule has 0 N–H and O–H groups in total. The van der Waals surface area contributed by atoms with E-state index in [1.807, 2.05) is 18.9 Å². The molecule has 1 atom stereocenters. The van der Waals surface area contributed by atoms with Gasteiger partial charge >= 0.3 is 0 Å². The van der Waals surface area contributed by atoms with Gasteiger partial charge in [-0.3, -0.25) is 4.79 Å². The summed E-state index contributed by atoms with van der Waals surface area (Å²) >= 11 is 0. The van der Waals surface area contributed by atoms with Crippen LogP contribution in [0.3, 0.4) is 0 Å². The van der Waals surface area contributed by atoms with Crippen molar-refractivity contribution in [3.8, 4) is 0 Å². The van der Waals surface area contributed by atoms with Gasteiger partial charge in [0.05, 0.1) is 0 Å². The lowest BCUT2D eigenvalue weighted by Crippen LogP contribution is -2.32. The monoisotopic (exact) mass is 241 g/mol. The molecule has 0 aromatic heterocycles. The van der Waals surface area contributed by atoms with Crippen molar-refractivity contribution in [2.45, 2.75) is 72.1 Å². The molecule has 2 heteroatoms. The molecule has 0 saturated heterocycles. The van der Waals surface area contributed by atoms with Crippen LogP contribution in [0.5, 0.6) is 0 Å². The van der Waals surface area contributed by atoms with Crippen LogP contribution in [0.15, 0.2) is 0 Å². The third kappa shape index (κ3) is 8.23. The summed E-state index contributed by atoms with van der Waals surface area (Å²) in [5.41, 5.74) is 0.